The Morgan fingerprint density at radius 1 is 1.21 bits per heavy atom. The van der Waals surface area contributed by atoms with Crippen LogP contribution in [0.3, 0.4) is 0 Å². The van der Waals surface area contributed by atoms with Crippen LogP contribution in [0.5, 0.6) is 11.5 Å². The fourth-order valence-electron chi connectivity index (χ4n) is 2.54. The lowest BCUT2D eigenvalue weighted by atomic mass is 9.89. The third-order valence-electron chi connectivity index (χ3n) is 3.59. The number of nitrogens with zero attached hydrogens (tertiary/aromatic N) is 1. The average Bonchev–Trinajstić information content (AvgIpc) is 2.43. The van der Waals surface area contributed by atoms with Crippen molar-refractivity contribution in [2.24, 2.45) is 11.7 Å². The van der Waals surface area contributed by atoms with Crippen molar-refractivity contribution in [3.8, 4) is 11.5 Å². The lowest BCUT2D eigenvalue weighted by Crippen LogP contribution is -2.32. The normalized spacial score (nSPS) is 14.3. The van der Waals surface area contributed by atoms with Crippen LogP contribution >= 0.6 is 0 Å². The summed E-state index contributed by atoms with van der Waals surface area (Å²) in [5.41, 5.74) is 7.07. The predicted molar refractivity (Wildman–Crippen MR) is 78.8 cm³/mol. The molecule has 1 rings (SSSR count). The Labute approximate surface area is 116 Å². The first-order valence-corrected chi connectivity index (χ1v) is 6.67. The van der Waals surface area contributed by atoms with Crippen LogP contribution < -0.4 is 15.2 Å². The Morgan fingerprint density at radius 2 is 1.89 bits per heavy atom. The molecule has 0 bridgehead atoms. The van der Waals surface area contributed by atoms with Gasteiger partial charge in [-0.1, -0.05) is 19.4 Å². The van der Waals surface area contributed by atoms with E-state index in [1.807, 2.05) is 12.1 Å². The molecule has 108 valence electrons. The second-order valence-electron chi connectivity index (χ2n) is 4.92. The molecule has 0 aliphatic carbocycles. The quantitative estimate of drug-likeness (QED) is 0.822. The number of ether oxygens (including phenoxy) is 2. The Hall–Kier alpha value is -1.26. The number of methoxy groups -OCH3 is 2. The summed E-state index contributed by atoms with van der Waals surface area (Å²) in [5, 5.41) is 0. The van der Waals surface area contributed by atoms with Crippen molar-refractivity contribution in [1.82, 2.24) is 4.90 Å². The molecule has 0 radical (unpaired) electrons. The van der Waals surface area contributed by atoms with Gasteiger partial charge in [-0.05, 0) is 32.6 Å². The summed E-state index contributed by atoms with van der Waals surface area (Å²) in [4.78, 5) is 2.20. The first kappa shape index (κ1) is 15.8. The standard InChI is InChI=1S/C15H26N2O2/c1-6-11(10-16)15(17(2)3)13-8-7-12(18-4)9-14(13)19-5/h7-9,11,15H,6,10,16H2,1-5H3. The van der Waals surface area contributed by atoms with Gasteiger partial charge in [-0.2, -0.15) is 0 Å². The van der Waals surface area contributed by atoms with Crippen LogP contribution in [0.4, 0.5) is 0 Å². The van der Waals surface area contributed by atoms with Gasteiger partial charge in [0.2, 0.25) is 0 Å². The van der Waals surface area contributed by atoms with Crippen LogP contribution in [0.25, 0.3) is 0 Å². The predicted octanol–water partition coefficient (Wildman–Crippen LogP) is 2.29. The SMILES string of the molecule is CCC(CN)C(c1ccc(OC)cc1OC)N(C)C. The van der Waals surface area contributed by atoms with Gasteiger partial charge in [-0.3, -0.25) is 0 Å². The zero-order valence-corrected chi connectivity index (χ0v) is 12.6. The number of benzene rings is 1. The molecule has 19 heavy (non-hydrogen) atoms. The molecule has 0 spiro atoms. The molecule has 0 saturated heterocycles. The van der Waals surface area contributed by atoms with Crippen LogP contribution in [0.15, 0.2) is 18.2 Å². The molecule has 0 aliphatic rings. The minimum absolute atomic E-state index is 0.246. The second-order valence-corrected chi connectivity index (χ2v) is 4.92. The van der Waals surface area contributed by atoms with E-state index < -0.39 is 0 Å². The molecule has 0 saturated carbocycles. The lowest BCUT2D eigenvalue weighted by Gasteiger charge is -2.32. The van der Waals surface area contributed by atoms with Crippen molar-refractivity contribution >= 4 is 0 Å². The Balaban J connectivity index is 3.22. The van der Waals surface area contributed by atoms with Gasteiger partial charge >= 0.3 is 0 Å². The summed E-state index contributed by atoms with van der Waals surface area (Å²) in [6.07, 6.45) is 1.04. The van der Waals surface area contributed by atoms with Gasteiger partial charge < -0.3 is 20.1 Å². The minimum atomic E-state index is 0.246. The molecule has 1 aromatic carbocycles. The number of hydrogen-bond acceptors (Lipinski definition) is 4. The van der Waals surface area contributed by atoms with E-state index in [1.165, 1.54) is 0 Å². The lowest BCUT2D eigenvalue weighted by molar-refractivity contribution is 0.205. The molecule has 0 fully saturated rings. The van der Waals surface area contributed by atoms with Crippen LogP contribution in [0.1, 0.15) is 24.9 Å². The maximum absolute atomic E-state index is 5.91. The topological polar surface area (TPSA) is 47.7 Å². The van der Waals surface area contributed by atoms with Gasteiger partial charge in [0.1, 0.15) is 11.5 Å². The molecule has 0 aromatic heterocycles. The van der Waals surface area contributed by atoms with Gasteiger partial charge in [-0.25, -0.2) is 0 Å². The highest BCUT2D eigenvalue weighted by Gasteiger charge is 2.25. The maximum Gasteiger partial charge on any atom is 0.127 e. The summed E-state index contributed by atoms with van der Waals surface area (Å²) < 4.78 is 10.8. The number of hydrogen-bond donors (Lipinski definition) is 1. The largest absolute Gasteiger partial charge is 0.497 e. The molecular formula is C15H26N2O2. The van der Waals surface area contributed by atoms with E-state index in [0.717, 1.165) is 23.5 Å². The summed E-state index contributed by atoms with van der Waals surface area (Å²) in [6, 6.07) is 6.21. The van der Waals surface area contributed by atoms with Crippen LogP contribution in [-0.4, -0.2) is 39.8 Å². The third-order valence-corrected chi connectivity index (χ3v) is 3.59. The van der Waals surface area contributed by atoms with Crippen LogP contribution in [0, 0.1) is 5.92 Å². The van der Waals surface area contributed by atoms with Gasteiger partial charge in [0.05, 0.1) is 14.2 Å². The fourth-order valence-corrected chi connectivity index (χ4v) is 2.54. The second kappa shape index (κ2) is 7.36. The van der Waals surface area contributed by atoms with E-state index in [2.05, 4.69) is 32.0 Å². The molecule has 2 atom stereocenters. The Kier molecular flexibility index (Phi) is 6.12. The van der Waals surface area contributed by atoms with Crippen molar-refractivity contribution in [3.63, 3.8) is 0 Å². The summed E-state index contributed by atoms with van der Waals surface area (Å²) in [6.45, 7) is 2.83. The molecule has 4 nitrogen and oxygen atoms in total. The molecule has 4 heteroatoms. The minimum Gasteiger partial charge on any atom is -0.497 e. The highest BCUT2D eigenvalue weighted by atomic mass is 16.5. The summed E-state index contributed by atoms with van der Waals surface area (Å²) >= 11 is 0. The Morgan fingerprint density at radius 3 is 2.32 bits per heavy atom. The molecule has 1 aromatic rings. The molecule has 0 heterocycles. The van der Waals surface area contributed by atoms with E-state index in [9.17, 15) is 0 Å². The van der Waals surface area contributed by atoms with E-state index in [4.69, 9.17) is 15.2 Å². The third kappa shape index (κ3) is 3.61. The molecular weight excluding hydrogens is 240 g/mol. The van der Waals surface area contributed by atoms with Crippen LogP contribution in [-0.2, 0) is 0 Å². The first-order chi connectivity index (χ1) is 9.08. The first-order valence-electron chi connectivity index (χ1n) is 6.67. The van der Waals surface area contributed by atoms with Gasteiger partial charge in [0, 0.05) is 17.7 Å². The fraction of sp³-hybridized carbons (Fsp3) is 0.600. The van der Waals surface area contributed by atoms with Gasteiger partial charge in [0.15, 0.2) is 0 Å². The van der Waals surface area contributed by atoms with Crippen molar-refractivity contribution < 1.29 is 9.47 Å². The van der Waals surface area contributed by atoms with E-state index in [-0.39, 0.29) is 6.04 Å². The zero-order chi connectivity index (χ0) is 14.4. The van der Waals surface area contributed by atoms with Gasteiger partial charge in [-0.15, -0.1) is 0 Å². The van der Waals surface area contributed by atoms with E-state index >= 15 is 0 Å². The molecule has 0 aliphatic heterocycles. The van der Waals surface area contributed by atoms with Gasteiger partial charge in [0.25, 0.3) is 0 Å². The highest BCUT2D eigenvalue weighted by Crippen LogP contribution is 2.36. The molecule has 2 N–H and O–H groups in total. The van der Waals surface area contributed by atoms with Crippen molar-refractivity contribution in [2.45, 2.75) is 19.4 Å². The van der Waals surface area contributed by atoms with E-state index in [0.29, 0.717) is 12.5 Å². The Bertz CT molecular complexity index is 390. The van der Waals surface area contributed by atoms with E-state index in [1.54, 1.807) is 14.2 Å². The highest BCUT2D eigenvalue weighted by molar-refractivity contribution is 5.42. The van der Waals surface area contributed by atoms with Crippen molar-refractivity contribution in [1.29, 1.82) is 0 Å². The summed E-state index contributed by atoms with van der Waals surface area (Å²) in [5.74, 6) is 2.06. The van der Waals surface area contributed by atoms with Crippen molar-refractivity contribution in [2.75, 3.05) is 34.9 Å². The van der Waals surface area contributed by atoms with Crippen LogP contribution in [0.2, 0.25) is 0 Å². The number of rotatable bonds is 7. The average molecular weight is 266 g/mol. The monoisotopic (exact) mass is 266 g/mol. The molecule has 2 unspecified atom stereocenters. The summed E-state index contributed by atoms with van der Waals surface area (Å²) in [7, 11) is 7.50. The molecule has 0 amide bonds. The maximum atomic E-state index is 5.91. The van der Waals surface area contributed by atoms with Crippen molar-refractivity contribution in [3.05, 3.63) is 23.8 Å². The smallest absolute Gasteiger partial charge is 0.127 e. The number of nitrogens with two attached hydrogens (primary N) is 1. The zero-order valence-electron chi connectivity index (χ0n) is 12.6.